The van der Waals surface area contributed by atoms with E-state index in [0.29, 0.717) is 25.2 Å². The summed E-state index contributed by atoms with van der Waals surface area (Å²) in [7, 11) is 1.70. The number of thiazole rings is 1. The molecule has 0 spiro atoms. The number of aromatic nitrogens is 4. The highest BCUT2D eigenvalue weighted by Gasteiger charge is 2.23. The number of hydrogen-bond donors (Lipinski definition) is 1. The van der Waals surface area contributed by atoms with Gasteiger partial charge in [-0.1, -0.05) is 18.2 Å². The number of nitrogens with one attached hydrogen (secondary N) is 1. The maximum absolute atomic E-state index is 12.5. The largest absolute Gasteiger partial charge is 0.444 e. The number of amides is 2. The topological polar surface area (TPSA) is 123 Å². The zero-order valence-corrected chi connectivity index (χ0v) is 23.5. The van der Waals surface area contributed by atoms with E-state index in [9.17, 15) is 9.59 Å². The molecule has 11 heteroatoms. The van der Waals surface area contributed by atoms with E-state index in [2.05, 4.69) is 31.7 Å². The third kappa shape index (κ3) is 8.06. The lowest BCUT2D eigenvalue weighted by Crippen LogP contribution is -2.35. The summed E-state index contributed by atoms with van der Waals surface area (Å²) >= 11 is 1.43. The van der Waals surface area contributed by atoms with Crippen molar-refractivity contribution in [2.24, 2.45) is 0 Å². The summed E-state index contributed by atoms with van der Waals surface area (Å²) in [6.07, 6.45) is 5.24. The lowest BCUT2D eigenvalue weighted by Gasteiger charge is -2.24. The Morgan fingerprint density at radius 3 is 2.82 bits per heavy atom. The van der Waals surface area contributed by atoms with Crippen molar-refractivity contribution in [3.05, 3.63) is 69.9 Å². The van der Waals surface area contributed by atoms with Crippen LogP contribution in [0, 0.1) is 0 Å². The molecule has 1 N–H and O–H groups in total. The van der Waals surface area contributed by atoms with Crippen LogP contribution in [-0.2, 0) is 17.6 Å². The van der Waals surface area contributed by atoms with Gasteiger partial charge < -0.3 is 19.5 Å². The lowest BCUT2D eigenvalue weighted by atomic mass is 9.86. The van der Waals surface area contributed by atoms with Gasteiger partial charge >= 0.3 is 6.09 Å². The van der Waals surface area contributed by atoms with Crippen LogP contribution in [0.5, 0.6) is 0 Å². The molecule has 1 unspecified atom stereocenters. The van der Waals surface area contributed by atoms with Gasteiger partial charge in [-0.05, 0) is 63.8 Å². The number of nitrogens with zero attached hydrogens (tertiary/aromatic N) is 5. The molecule has 0 bridgehead atoms. The predicted octanol–water partition coefficient (Wildman–Crippen LogP) is 5.02. The number of benzene rings is 1. The van der Waals surface area contributed by atoms with Crippen LogP contribution in [-0.4, -0.2) is 63.0 Å². The first-order valence-corrected chi connectivity index (χ1v) is 13.8. The Bertz CT molecular complexity index is 1370. The first-order valence-electron chi connectivity index (χ1n) is 13.0. The third-order valence-electron chi connectivity index (χ3n) is 6.12. The van der Waals surface area contributed by atoms with Gasteiger partial charge in [0.1, 0.15) is 16.8 Å². The molecule has 3 aromatic heterocycles. The van der Waals surface area contributed by atoms with Crippen LogP contribution < -0.4 is 5.32 Å². The molecule has 1 atom stereocenters. The summed E-state index contributed by atoms with van der Waals surface area (Å²) in [6.45, 7) is 6.57. The molecule has 0 saturated heterocycles. The molecule has 0 saturated carbocycles. The molecule has 1 aliphatic rings. The molecule has 1 aromatic carbocycles. The van der Waals surface area contributed by atoms with Crippen molar-refractivity contribution in [1.29, 1.82) is 0 Å². The highest BCUT2D eigenvalue weighted by molar-refractivity contribution is 7.09. The number of carbonyl (C=O) groups is 2. The second-order valence-corrected chi connectivity index (χ2v) is 11.3. The standard InChI is InChI=1S/C22H30N4O3S.C6H4N2O/c1-22(2,3)29-21(28)26(4)12-10-18-25-17(14-30-18)20(27)24-13-16-8-5-7-15-9-6-11-23-19(15)16;1-2-4-6-5(3-1)7-8-9-6/h6,9,11,14,16H,5,7-8,10,12-13H2,1-4H3,(H,24,27);1-4H. The predicted molar refractivity (Wildman–Crippen MR) is 149 cm³/mol. The van der Waals surface area contributed by atoms with Gasteiger partial charge in [0.15, 0.2) is 5.58 Å². The first kappa shape index (κ1) is 28.2. The number of carbonyl (C=O) groups excluding carboxylic acids is 2. The number of para-hydroxylation sites is 1. The monoisotopic (exact) mass is 550 g/mol. The quantitative estimate of drug-likeness (QED) is 0.355. The van der Waals surface area contributed by atoms with Crippen LogP contribution in [0.1, 0.15) is 66.3 Å². The van der Waals surface area contributed by atoms with E-state index >= 15 is 0 Å². The van der Waals surface area contributed by atoms with Crippen molar-refractivity contribution >= 4 is 34.4 Å². The highest BCUT2D eigenvalue weighted by atomic mass is 32.1. The highest BCUT2D eigenvalue weighted by Crippen LogP contribution is 2.29. The van der Waals surface area contributed by atoms with Crippen molar-refractivity contribution in [2.75, 3.05) is 20.1 Å². The van der Waals surface area contributed by atoms with Crippen LogP contribution >= 0.6 is 11.3 Å². The molecule has 39 heavy (non-hydrogen) atoms. The molecular weight excluding hydrogens is 516 g/mol. The summed E-state index contributed by atoms with van der Waals surface area (Å²) < 4.78 is 10.1. The van der Waals surface area contributed by atoms with E-state index in [-0.39, 0.29) is 17.9 Å². The van der Waals surface area contributed by atoms with Gasteiger partial charge in [-0.3, -0.25) is 9.78 Å². The molecule has 3 heterocycles. The van der Waals surface area contributed by atoms with E-state index in [0.717, 1.165) is 41.1 Å². The van der Waals surface area contributed by atoms with Crippen molar-refractivity contribution in [3.8, 4) is 0 Å². The van der Waals surface area contributed by atoms with Crippen molar-refractivity contribution in [1.82, 2.24) is 30.6 Å². The Hall–Kier alpha value is -3.86. The molecule has 10 nitrogen and oxygen atoms in total. The van der Waals surface area contributed by atoms with E-state index in [1.165, 1.54) is 21.8 Å². The van der Waals surface area contributed by atoms with Gasteiger partial charge in [-0.2, -0.15) is 0 Å². The van der Waals surface area contributed by atoms with Crippen molar-refractivity contribution in [2.45, 2.75) is 58.0 Å². The Balaban J connectivity index is 0.000000327. The molecule has 2 amide bonds. The Kier molecular flexibility index (Phi) is 9.23. The number of aryl methyl sites for hydroxylation is 1. The van der Waals surface area contributed by atoms with Crippen LogP contribution in [0.25, 0.3) is 11.1 Å². The normalized spacial score (nSPS) is 14.6. The second kappa shape index (κ2) is 12.8. The maximum atomic E-state index is 12.5. The van der Waals surface area contributed by atoms with E-state index < -0.39 is 5.60 Å². The molecule has 206 valence electrons. The maximum Gasteiger partial charge on any atom is 0.410 e. The summed E-state index contributed by atoms with van der Waals surface area (Å²) in [6, 6.07) is 11.6. The Morgan fingerprint density at radius 2 is 2.03 bits per heavy atom. The smallest absolute Gasteiger partial charge is 0.410 e. The minimum atomic E-state index is -0.522. The number of ether oxygens (including phenoxy) is 1. The summed E-state index contributed by atoms with van der Waals surface area (Å²) in [5.41, 5.74) is 3.83. The fraction of sp³-hybridized carbons (Fsp3) is 0.429. The molecular formula is C28H34N6O4S. The van der Waals surface area contributed by atoms with Crippen molar-refractivity contribution < 1.29 is 18.8 Å². The van der Waals surface area contributed by atoms with Crippen molar-refractivity contribution in [3.63, 3.8) is 0 Å². The average molecular weight is 551 g/mol. The number of hydrogen-bond acceptors (Lipinski definition) is 9. The van der Waals surface area contributed by atoms with Gasteiger partial charge in [0.05, 0.1) is 5.01 Å². The van der Waals surface area contributed by atoms with E-state index in [4.69, 9.17) is 9.26 Å². The fourth-order valence-electron chi connectivity index (χ4n) is 4.16. The zero-order valence-electron chi connectivity index (χ0n) is 22.7. The summed E-state index contributed by atoms with van der Waals surface area (Å²) in [4.78, 5) is 35.1. The number of fused-ring (bicyclic) bond motifs is 2. The van der Waals surface area contributed by atoms with E-state index in [1.54, 1.807) is 12.4 Å². The van der Waals surface area contributed by atoms with Gasteiger partial charge in [0, 0.05) is 55.0 Å². The molecule has 5 rings (SSSR count). The SMILES string of the molecule is CN(CCc1nc(C(=O)NCC2CCCc3cccnc32)cs1)C(=O)OC(C)(C)C.c1ccc2onnc2c1. The second-order valence-electron chi connectivity index (χ2n) is 10.4. The van der Waals surface area contributed by atoms with Crippen LogP contribution in [0.4, 0.5) is 4.79 Å². The first-order chi connectivity index (χ1) is 18.7. The molecule has 4 aromatic rings. The molecule has 0 aliphatic heterocycles. The molecule has 0 fully saturated rings. The van der Waals surface area contributed by atoms with Gasteiger partial charge in [-0.15, -0.1) is 16.4 Å². The average Bonchev–Trinajstić information content (AvgIpc) is 3.59. The van der Waals surface area contributed by atoms with Gasteiger partial charge in [0.25, 0.3) is 5.91 Å². The zero-order chi connectivity index (χ0) is 27.8. The summed E-state index contributed by atoms with van der Waals surface area (Å²) in [5.74, 6) is 0.0838. The number of likely N-dealkylation sites (N-methyl/N-ethyl adjacent to an activating group) is 1. The third-order valence-corrected chi connectivity index (χ3v) is 7.03. The van der Waals surface area contributed by atoms with Crippen LogP contribution in [0.15, 0.2) is 52.5 Å². The Morgan fingerprint density at radius 1 is 1.21 bits per heavy atom. The number of rotatable bonds is 6. The molecule has 1 aliphatic carbocycles. The van der Waals surface area contributed by atoms with Gasteiger partial charge in [-0.25, -0.2) is 9.78 Å². The van der Waals surface area contributed by atoms with E-state index in [1.807, 2.05) is 57.3 Å². The minimum absolute atomic E-state index is 0.166. The fourth-order valence-corrected chi connectivity index (χ4v) is 4.93. The van der Waals surface area contributed by atoms with Crippen LogP contribution in [0.3, 0.4) is 0 Å². The lowest BCUT2D eigenvalue weighted by molar-refractivity contribution is 0.0300. The number of pyridine rings is 1. The molecule has 0 radical (unpaired) electrons. The van der Waals surface area contributed by atoms with Crippen LogP contribution in [0.2, 0.25) is 0 Å². The van der Waals surface area contributed by atoms with Gasteiger partial charge in [0.2, 0.25) is 0 Å². The summed E-state index contributed by atoms with van der Waals surface area (Å²) in [5, 5.41) is 12.7. The minimum Gasteiger partial charge on any atom is -0.444 e. The Labute approximate surface area is 231 Å².